The summed E-state index contributed by atoms with van der Waals surface area (Å²) in [6.45, 7) is 10.7. The Kier molecular flexibility index (Phi) is 10.9. The van der Waals surface area contributed by atoms with Crippen molar-refractivity contribution in [2.75, 3.05) is 6.61 Å². The van der Waals surface area contributed by atoms with Crippen LogP contribution in [0.2, 0.25) is 0 Å². The predicted octanol–water partition coefficient (Wildman–Crippen LogP) is 3.61. The molecule has 0 aliphatic rings. The zero-order chi connectivity index (χ0) is 10.0. The summed E-state index contributed by atoms with van der Waals surface area (Å²) in [7, 11) is 0. The number of hydrogen-bond donors (Lipinski definition) is 1. The monoisotopic (exact) mass is 174 g/mol. The quantitative estimate of drug-likeness (QED) is 0.648. The van der Waals surface area contributed by atoms with E-state index in [1.165, 1.54) is 25.7 Å². The molecule has 12 heavy (non-hydrogen) atoms. The molecule has 76 valence electrons. The molecule has 0 unspecified atom stereocenters. The van der Waals surface area contributed by atoms with E-state index in [4.69, 9.17) is 5.11 Å². The van der Waals surface area contributed by atoms with Crippen molar-refractivity contribution in [3.8, 4) is 0 Å². The van der Waals surface area contributed by atoms with E-state index in [9.17, 15) is 0 Å². The molecule has 0 saturated heterocycles. The second-order valence-electron chi connectivity index (χ2n) is 4.43. The molecule has 0 bridgehead atoms. The van der Waals surface area contributed by atoms with Gasteiger partial charge >= 0.3 is 0 Å². The van der Waals surface area contributed by atoms with Gasteiger partial charge in [-0.2, -0.15) is 0 Å². The molecule has 1 heteroatoms. The molecule has 0 aliphatic carbocycles. The number of aliphatic hydroxyl groups is 1. The zero-order valence-electron chi connectivity index (χ0n) is 9.48. The highest BCUT2D eigenvalue weighted by atomic mass is 16.3. The molecule has 0 aromatic rings. The first kappa shape index (κ1) is 14.5. The Labute approximate surface area is 78.2 Å². The van der Waals surface area contributed by atoms with Crippen molar-refractivity contribution in [3.05, 3.63) is 0 Å². The van der Waals surface area contributed by atoms with E-state index < -0.39 is 0 Å². The molecule has 0 aromatic carbocycles. The average Bonchev–Trinajstić information content (AvgIpc) is 2.01. The number of rotatable bonds is 3. The molecule has 0 aromatic heterocycles. The smallest absolute Gasteiger partial charge is 0.0479 e. The summed E-state index contributed by atoms with van der Waals surface area (Å²) in [4.78, 5) is 0. The molecule has 0 amide bonds. The van der Waals surface area contributed by atoms with Crippen LogP contribution in [0.4, 0.5) is 0 Å². The van der Waals surface area contributed by atoms with E-state index >= 15 is 0 Å². The van der Waals surface area contributed by atoms with Crippen LogP contribution >= 0.6 is 0 Å². The van der Waals surface area contributed by atoms with E-state index in [0.717, 1.165) is 0 Å². The van der Waals surface area contributed by atoms with Gasteiger partial charge in [0.15, 0.2) is 0 Å². The Morgan fingerprint density at radius 2 is 1.17 bits per heavy atom. The maximum atomic E-state index is 8.40. The van der Waals surface area contributed by atoms with E-state index in [-0.39, 0.29) is 12.0 Å². The van der Waals surface area contributed by atoms with Crippen LogP contribution in [-0.2, 0) is 0 Å². The Bertz CT molecular complexity index is 67.6. The third kappa shape index (κ3) is 22.5. The Balaban J connectivity index is 0. The molecular formula is C11H26O. The molecule has 0 spiro atoms. The van der Waals surface area contributed by atoms with Crippen LogP contribution in [0.1, 0.15) is 60.3 Å². The van der Waals surface area contributed by atoms with Gasteiger partial charge in [0.1, 0.15) is 0 Å². The average molecular weight is 174 g/mol. The lowest BCUT2D eigenvalue weighted by Gasteiger charge is -2.11. The lowest BCUT2D eigenvalue weighted by Crippen LogP contribution is -2.09. The zero-order valence-corrected chi connectivity index (χ0v) is 9.48. The normalized spacial score (nSPS) is 10.5. The highest BCUT2D eigenvalue weighted by molar-refractivity contribution is 4.55. The van der Waals surface area contributed by atoms with Crippen LogP contribution in [0.3, 0.4) is 0 Å². The molecule has 0 radical (unpaired) electrons. The van der Waals surface area contributed by atoms with Crippen molar-refractivity contribution in [2.24, 2.45) is 5.41 Å². The SMILES string of the molecule is CC(C)(C)CO.CCCCCC. The molecule has 0 rings (SSSR count). The lowest BCUT2D eigenvalue weighted by molar-refractivity contribution is 0.177. The minimum absolute atomic E-state index is 0.0972. The third-order valence-electron chi connectivity index (χ3n) is 1.43. The van der Waals surface area contributed by atoms with Crippen molar-refractivity contribution in [2.45, 2.75) is 60.3 Å². The van der Waals surface area contributed by atoms with E-state index in [1.807, 2.05) is 20.8 Å². The van der Waals surface area contributed by atoms with E-state index in [1.54, 1.807) is 0 Å². The molecule has 0 aliphatic heterocycles. The predicted molar refractivity (Wildman–Crippen MR) is 56.4 cm³/mol. The highest BCUT2D eigenvalue weighted by Gasteiger charge is 2.05. The van der Waals surface area contributed by atoms with Crippen molar-refractivity contribution in [1.29, 1.82) is 0 Å². The van der Waals surface area contributed by atoms with Gasteiger partial charge in [-0.05, 0) is 5.41 Å². The summed E-state index contributed by atoms with van der Waals surface area (Å²) in [6, 6.07) is 0. The molecule has 0 saturated carbocycles. The largest absolute Gasteiger partial charge is 0.396 e. The standard InChI is InChI=1S/C6H14.C5H12O/c1-3-5-6-4-2;1-5(2,3)4-6/h3-6H2,1-2H3;6H,4H2,1-3H3. The summed E-state index contributed by atoms with van der Waals surface area (Å²) in [6.07, 6.45) is 5.54. The maximum absolute atomic E-state index is 8.40. The Morgan fingerprint density at radius 3 is 1.25 bits per heavy atom. The van der Waals surface area contributed by atoms with Crippen molar-refractivity contribution >= 4 is 0 Å². The van der Waals surface area contributed by atoms with Gasteiger partial charge in [0.05, 0.1) is 0 Å². The first-order chi connectivity index (χ1) is 5.47. The number of aliphatic hydroxyl groups excluding tert-OH is 1. The summed E-state index contributed by atoms with van der Waals surface area (Å²) < 4.78 is 0. The van der Waals surface area contributed by atoms with Crippen molar-refractivity contribution < 1.29 is 5.11 Å². The van der Waals surface area contributed by atoms with Gasteiger partial charge < -0.3 is 5.11 Å². The Hall–Kier alpha value is -0.0400. The third-order valence-corrected chi connectivity index (χ3v) is 1.43. The van der Waals surface area contributed by atoms with Gasteiger partial charge in [0.2, 0.25) is 0 Å². The fourth-order valence-corrected chi connectivity index (χ4v) is 0.500. The lowest BCUT2D eigenvalue weighted by atomic mass is 9.99. The summed E-state index contributed by atoms with van der Waals surface area (Å²) in [5, 5.41) is 8.40. The molecule has 1 N–H and O–H groups in total. The van der Waals surface area contributed by atoms with E-state index in [0.29, 0.717) is 0 Å². The first-order valence-corrected chi connectivity index (χ1v) is 5.08. The van der Waals surface area contributed by atoms with Gasteiger partial charge in [-0.15, -0.1) is 0 Å². The van der Waals surface area contributed by atoms with Gasteiger partial charge in [-0.1, -0.05) is 60.3 Å². The van der Waals surface area contributed by atoms with Crippen LogP contribution in [0.5, 0.6) is 0 Å². The molecule has 0 fully saturated rings. The molecule has 1 nitrogen and oxygen atoms in total. The van der Waals surface area contributed by atoms with Crippen LogP contribution < -0.4 is 0 Å². The summed E-state index contributed by atoms with van der Waals surface area (Å²) in [5.74, 6) is 0. The van der Waals surface area contributed by atoms with Crippen LogP contribution in [0, 0.1) is 5.41 Å². The van der Waals surface area contributed by atoms with Gasteiger partial charge in [-0.25, -0.2) is 0 Å². The van der Waals surface area contributed by atoms with Crippen LogP contribution in [0.25, 0.3) is 0 Å². The van der Waals surface area contributed by atoms with Gasteiger partial charge in [-0.3, -0.25) is 0 Å². The van der Waals surface area contributed by atoms with Crippen molar-refractivity contribution in [1.82, 2.24) is 0 Å². The van der Waals surface area contributed by atoms with Gasteiger partial charge in [0.25, 0.3) is 0 Å². The number of unbranched alkanes of at least 4 members (excludes halogenated alkanes) is 3. The highest BCUT2D eigenvalue weighted by Crippen LogP contribution is 2.09. The van der Waals surface area contributed by atoms with Crippen LogP contribution in [0.15, 0.2) is 0 Å². The maximum Gasteiger partial charge on any atom is 0.0479 e. The fraction of sp³-hybridized carbons (Fsp3) is 1.00. The topological polar surface area (TPSA) is 20.2 Å². The second kappa shape index (κ2) is 9.05. The van der Waals surface area contributed by atoms with Crippen LogP contribution in [-0.4, -0.2) is 11.7 Å². The van der Waals surface area contributed by atoms with Crippen molar-refractivity contribution in [3.63, 3.8) is 0 Å². The van der Waals surface area contributed by atoms with Gasteiger partial charge in [0, 0.05) is 6.61 Å². The minimum atomic E-state index is 0.0972. The molecule has 0 atom stereocenters. The fourth-order valence-electron chi connectivity index (χ4n) is 0.500. The minimum Gasteiger partial charge on any atom is -0.396 e. The summed E-state index contributed by atoms with van der Waals surface area (Å²) >= 11 is 0. The number of hydrogen-bond acceptors (Lipinski definition) is 1. The Morgan fingerprint density at radius 1 is 0.917 bits per heavy atom. The molecule has 0 heterocycles. The van der Waals surface area contributed by atoms with E-state index in [2.05, 4.69) is 13.8 Å². The first-order valence-electron chi connectivity index (χ1n) is 5.08. The summed E-state index contributed by atoms with van der Waals surface area (Å²) in [5.41, 5.74) is 0.0972. The second-order valence-corrected chi connectivity index (χ2v) is 4.43. The molecular weight excluding hydrogens is 148 g/mol.